The summed E-state index contributed by atoms with van der Waals surface area (Å²) in [6.45, 7) is 0. The van der Waals surface area contributed by atoms with Gasteiger partial charge in [-0.1, -0.05) is 38.2 Å². The van der Waals surface area contributed by atoms with Crippen LogP contribution in [0.25, 0.3) is 0 Å². The van der Waals surface area contributed by atoms with Gasteiger partial charge < -0.3 is 5.11 Å². The summed E-state index contributed by atoms with van der Waals surface area (Å²) in [6.07, 6.45) is 2.48. The Labute approximate surface area is 148 Å². The van der Waals surface area contributed by atoms with E-state index in [0.717, 1.165) is 38.2 Å². The lowest BCUT2D eigenvalue weighted by atomic mass is 9.83. The molecule has 26 heavy (non-hydrogen) atoms. The summed E-state index contributed by atoms with van der Waals surface area (Å²) < 4.78 is 77.5. The molecule has 2 aliphatic carbocycles. The number of hydrogen-bond donors (Lipinski definition) is 1. The molecule has 2 aliphatic rings. The fraction of sp³-hybridized carbons (Fsp3) is 0.647. The molecule has 1 fully saturated rings. The van der Waals surface area contributed by atoms with Crippen molar-refractivity contribution < 1.29 is 35.8 Å². The third-order valence-electron chi connectivity index (χ3n) is 5.27. The van der Waals surface area contributed by atoms with Crippen molar-refractivity contribution in [3.05, 3.63) is 28.8 Å². The Balaban J connectivity index is 0.00000243. The number of rotatable bonds is 4. The quantitative estimate of drug-likeness (QED) is 0.772. The van der Waals surface area contributed by atoms with Crippen LogP contribution < -0.4 is 0 Å². The van der Waals surface area contributed by atoms with Crippen LogP contribution in [0.15, 0.2) is 17.0 Å². The van der Waals surface area contributed by atoms with Crippen LogP contribution >= 0.6 is 0 Å². The number of alkyl halides is 4. The SMILES string of the molecule is F.O=S(=O)(c1ccc(CC2CCCCC2)c2c1C(O)C(F)(F)C2)C(F)F. The molecule has 0 spiro atoms. The molecule has 0 saturated heterocycles. The standard InChI is InChI=1S/C17H20F4O3S.FH/c18-16(19)25(23,24)13-7-6-11(8-10-4-2-1-3-5-10)12-9-17(20,21)15(22)14(12)13;/h6-7,10,15-16,22H,1-5,8-9H2;1H. The first-order valence-corrected chi connectivity index (χ1v) is 9.92. The fourth-order valence-corrected chi connectivity index (χ4v) is 4.97. The maximum absolute atomic E-state index is 14.0. The molecule has 148 valence electrons. The van der Waals surface area contributed by atoms with Gasteiger partial charge in [-0.3, -0.25) is 4.70 Å². The van der Waals surface area contributed by atoms with Gasteiger partial charge in [-0.05, 0) is 29.5 Å². The van der Waals surface area contributed by atoms with Gasteiger partial charge in [0.25, 0.3) is 5.92 Å². The predicted molar refractivity (Wildman–Crippen MR) is 86.0 cm³/mol. The average molecular weight is 400 g/mol. The summed E-state index contributed by atoms with van der Waals surface area (Å²) in [5.74, 6) is -6.97. The van der Waals surface area contributed by atoms with Crippen LogP contribution in [0.5, 0.6) is 0 Å². The predicted octanol–water partition coefficient (Wildman–Crippen LogP) is 4.18. The molecule has 0 radical (unpaired) electrons. The van der Waals surface area contributed by atoms with Crippen molar-refractivity contribution >= 4 is 9.84 Å². The van der Waals surface area contributed by atoms with Gasteiger partial charge in [-0.2, -0.15) is 8.78 Å². The molecule has 1 saturated carbocycles. The lowest BCUT2D eigenvalue weighted by Crippen LogP contribution is -2.23. The minimum absolute atomic E-state index is 0. The van der Waals surface area contributed by atoms with Gasteiger partial charge in [-0.15, -0.1) is 0 Å². The summed E-state index contributed by atoms with van der Waals surface area (Å²) in [4.78, 5) is -0.880. The first-order chi connectivity index (χ1) is 11.6. The number of hydrogen-bond acceptors (Lipinski definition) is 3. The number of benzene rings is 1. The van der Waals surface area contributed by atoms with Crippen molar-refractivity contribution in [2.24, 2.45) is 5.92 Å². The Morgan fingerprint density at radius 3 is 2.35 bits per heavy atom. The van der Waals surface area contributed by atoms with E-state index in [1.807, 2.05) is 0 Å². The smallest absolute Gasteiger partial charge is 0.341 e. The monoisotopic (exact) mass is 400 g/mol. The number of aliphatic hydroxyl groups is 1. The molecule has 1 unspecified atom stereocenters. The second kappa shape index (κ2) is 7.42. The van der Waals surface area contributed by atoms with Gasteiger partial charge in [0.15, 0.2) is 0 Å². The number of fused-ring (bicyclic) bond motifs is 1. The molecule has 1 aromatic carbocycles. The van der Waals surface area contributed by atoms with Crippen LogP contribution in [0.1, 0.15) is 54.9 Å². The van der Waals surface area contributed by atoms with Gasteiger partial charge in [0.05, 0.1) is 4.90 Å². The Hall–Kier alpha value is -1.22. The largest absolute Gasteiger partial charge is 0.382 e. The molecule has 3 rings (SSSR count). The molecule has 0 heterocycles. The summed E-state index contributed by atoms with van der Waals surface area (Å²) in [5.41, 5.74) is 0.00903. The van der Waals surface area contributed by atoms with E-state index in [0.29, 0.717) is 17.9 Å². The van der Waals surface area contributed by atoms with Gasteiger partial charge in [-0.25, -0.2) is 17.2 Å². The zero-order chi connectivity index (χ0) is 18.4. The van der Waals surface area contributed by atoms with E-state index in [2.05, 4.69) is 0 Å². The molecule has 0 aliphatic heterocycles. The van der Waals surface area contributed by atoms with E-state index in [1.54, 1.807) is 0 Å². The zero-order valence-corrected chi connectivity index (χ0v) is 14.7. The minimum atomic E-state index is -5.06. The van der Waals surface area contributed by atoms with Crippen LogP contribution in [0.4, 0.5) is 22.3 Å². The third kappa shape index (κ3) is 3.60. The molecule has 1 aromatic rings. The second-order valence-corrected chi connectivity index (χ2v) is 8.86. The zero-order valence-electron chi connectivity index (χ0n) is 13.9. The maximum atomic E-state index is 14.0. The molecule has 9 heteroatoms. The van der Waals surface area contributed by atoms with E-state index < -0.39 is 44.5 Å². The van der Waals surface area contributed by atoms with E-state index >= 15 is 0 Å². The van der Waals surface area contributed by atoms with Gasteiger partial charge >= 0.3 is 5.76 Å². The maximum Gasteiger partial charge on any atom is 0.341 e. The summed E-state index contributed by atoms with van der Waals surface area (Å²) in [6, 6.07) is 2.31. The number of aliphatic hydroxyl groups excluding tert-OH is 1. The van der Waals surface area contributed by atoms with Crippen molar-refractivity contribution in [1.29, 1.82) is 0 Å². The van der Waals surface area contributed by atoms with Crippen LogP contribution in [-0.4, -0.2) is 25.2 Å². The van der Waals surface area contributed by atoms with Crippen molar-refractivity contribution in [3.63, 3.8) is 0 Å². The van der Waals surface area contributed by atoms with Crippen molar-refractivity contribution in [3.8, 4) is 0 Å². The van der Waals surface area contributed by atoms with Crippen LogP contribution in [0, 0.1) is 5.92 Å². The first kappa shape index (κ1) is 21.1. The molecular formula is C17H21F5O3S. The third-order valence-corrected chi connectivity index (χ3v) is 6.71. The topological polar surface area (TPSA) is 54.4 Å². The number of halogens is 5. The average Bonchev–Trinajstić information content (AvgIpc) is 2.79. The van der Waals surface area contributed by atoms with Crippen molar-refractivity contribution in [2.75, 3.05) is 0 Å². The second-order valence-electron chi connectivity index (χ2n) is 6.97. The Morgan fingerprint density at radius 1 is 1.15 bits per heavy atom. The fourth-order valence-electron chi connectivity index (χ4n) is 3.98. The molecule has 3 nitrogen and oxygen atoms in total. The minimum Gasteiger partial charge on any atom is -0.382 e. The van der Waals surface area contributed by atoms with Gasteiger partial charge in [0.1, 0.15) is 6.10 Å². The van der Waals surface area contributed by atoms with E-state index in [1.165, 1.54) is 6.07 Å². The summed E-state index contributed by atoms with van der Waals surface area (Å²) in [5, 5.41) is 9.91. The van der Waals surface area contributed by atoms with E-state index in [-0.39, 0.29) is 10.3 Å². The molecule has 1 N–H and O–H groups in total. The highest BCUT2D eigenvalue weighted by atomic mass is 32.2. The van der Waals surface area contributed by atoms with Gasteiger partial charge in [0, 0.05) is 12.0 Å². The first-order valence-electron chi connectivity index (χ1n) is 8.37. The molecule has 0 bridgehead atoms. The summed E-state index contributed by atoms with van der Waals surface area (Å²) in [7, 11) is -5.06. The Morgan fingerprint density at radius 2 is 1.77 bits per heavy atom. The molecule has 0 aromatic heterocycles. The normalized spacial score (nSPS) is 22.9. The molecule has 1 atom stereocenters. The summed E-state index contributed by atoms with van der Waals surface area (Å²) >= 11 is 0. The lowest BCUT2D eigenvalue weighted by molar-refractivity contribution is -0.0976. The lowest BCUT2D eigenvalue weighted by Gasteiger charge is -2.23. The van der Waals surface area contributed by atoms with E-state index in [9.17, 15) is 31.1 Å². The van der Waals surface area contributed by atoms with Gasteiger partial charge in [0.2, 0.25) is 9.84 Å². The van der Waals surface area contributed by atoms with Crippen molar-refractivity contribution in [1.82, 2.24) is 0 Å². The molecular weight excluding hydrogens is 379 g/mol. The highest BCUT2D eigenvalue weighted by molar-refractivity contribution is 7.91. The van der Waals surface area contributed by atoms with Crippen LogP contribution in [0.2, 0.25) is 0 Å². The van der Waals surface area contributed by atoms with Crippen LogP contribution in [-0.2, 0) is 22.7 Å². The molecule has 0 amide bonds. The number of sulfone groups is 1. The highest BCUT2D eigenvalue weighted by Crippen LogP contribution is 2.48. The Kier molecular flexibility index (Phi) is 6.02. The van der Waals surface area contributed by atoms with Crippen LogP contribution in [0.3, 0.4) is 0 Å². The Bertz CT molecular complexity index is 758. The van der Waals surface area contributed by atoms with E-state index in [4.69, 9.17) is 0 Å². The van der Waals surface area contributed by atoms with Crippen molar-refractivity contribution in [2.45, 2.75) is 67.6 Å². The highest BCUT2D eigenvalue weighted by Gasteiger charge is 2.50.